The van der Waals surface area contributed by atoms with Crippen LogP contribution in [0.5, 0.6) is 0 Å². The first-order valence-corrected chi connectivity index (χ1v) is 2.18. The maximum absolute atomic E-state index is 7.57. The Morgan fingerprint density at radius 1 is 1.00 bits per heavy atom. The predicted molar refractivity (Wildman–Crippen MR) is 35.0 cm³/mol. The number of hydrogen-bond donors (Lipinski definition) is 5. The van der Waals surface area contributed by atoms with Crippen LogP contribution in [0.15, 0.2) is 0 Å². The van der Waals surface area contributed by atoms with E-state index in [4.69, 9.17) is 20.5 Å². The average molecular weight is 191 g/mol. The van der Waals surface area contributed by atoms with E-state index in [-0.39, 0.29) is 28.3 Å². The molecule has 0 saturated carbocycles. The zero-order valence-corrected chi connectivity index (χ0v) is 8.13. The fourth-order valence-corrected chi connectivity index (χ4v) is 0. The van der Waals surface area contributed by atoms with Gasteiger partial charge in [-0.1, -0.05) is 0 Å². The minimum atomic E-state index is 0. The van der Waals surface area contributed by atoms with Crippen LogP contribution in [0.3, 0.4) is 0 Å². The molecule has 0 amide bonds. The Bertz CT molecular complexity index is 17.2. The van der Waals surface area contributed by atoms with Gasteiger partial charge < -0.3 is 20.5 Å². The molecule has 10 heavy (non-hydrogen) atoms. The first kappa shape index (κ1) is 31.3. The molecule has 0 bridgehead atoms. The third-order valence-corrected chi connectivity index (χ3v) is 0. The Hall–Kier alpha value is 0.514. The van der Waals surface area contributed by atoms with Crippen LogP contribution in [-0.2, 0) is 21.7 Å². The minimum Gasteiger partial charge on any atom is -0.400 e. The Morgan fingerprint density at radius 2 is 1.00 bits per heavy atom. The molecule has 0 aliphatic rings. The molecule has 6 heteroatoms. The molecule has 0 aliphatic heterocycles. The monoisotopic (exact) mass is 191 g/mol. The van der Waals surface area contributed by atoms with Gasteiger partial charge in [-0.2, -0.15) is 0 Å². The summed E-state index contributed by atoms with van der Waals surface area (Å²) in [5, 5.41) is 28.1. The van der Waals surface area contributed by atoms with Crippen molar-refractivity contribution in [1.82, 2.24) is 0 Å². The van der Waals surface area contributed by atoms with Gasteiger partial charge in [0, 0.05) is 42.5 Å². The molecule has 0 unspecified atom stereocenters. The first-order valence-electron chi connectivity index (χ1n) is 2.18. The molecule has 0 saturated heterocycles. The standard InChI is InChI=1S/C2H6O.2CH4O.H3NO.Ti/c1-2-3;3*1-2;/h3H,2H2,1H3;2*2H,1H3;2H,1H2;. The molecule has 6 N–H and O–H groups in total. The molecule has 0 heterocycles. The summed E-state index contributed by atoms with van der Waals surface area (Å²) in [4.78, 5) is 0. The number of nitrogens with two attached hydrogens (primary N) is 1. The molecule has 0 fully saturated rings. The van der Waals surface area contributed by atoms with E-state index in [2.05, 4.69) is 5.90 Å². The SMILES string of the molecule is CCO.CO.CO.NO.[Ti]. The van der Waals surface area contributed by atoms with Crippen molar-refractivity contribution in [3.63, 3.8) is 0 Å². The van der Waals surface area contributed by atoms with Crippen molar-refractivity contribution in [2.45, 2.75) is 6.92 Å². The molecule has 0 rings (SSSR count). The van der Waals surface area contributed by atoms with Crippen LogP contribution in [0.25, 0.3) is 0 Å². The summed E-state index contributed by atoms with van der Waals surface area (Å²) in [6, 6.07) is 0. The topological polar surface area (TPSA) is 107 Å². The average Bonchev–Trinajstić information content (AvgIpc) is 2.01. The molecule has 5 nitrogen and oxygen atoms in total. The second-order valence-electron chi connectivity index (χ2n) is 0.316. The smallest absolute Gasteiger partial charge is 0.0402 e. The second-order valence-corrected chi connectivity index (χ2v) is 0.316. The van der Waals surface area contributed by atoms with E-state index in [1.807, 2.05) is 0 Å². The van der Waals surface area contributed by atoms with Crippen molar-refractivity contribution in [2.24, 2.45) is 5.90 Å². The van der Waals surface area contributed by atoms with E-state index in [1.165, 1.54) is 0 Å². The van der Waals surface area contributed by atoms with E-state index >= 15 is 0 Å². The summed E-state index contributed by atoms with van der Waals surface area (Å²) in [6.45, 7) is 1.93. The number of aliphatic hydroxyl groups excluding tert-OH is 3. The second kappa shape index (κ2) is 301. The van der Waals surface area contributed by atoms with Gasteiger partial charge in [0.15, 0.2) is 0 Å². The van der Waals surface area contributed by atoms with Gasteiger partial charge in [-0.25, -0.2) is 5.90 Å². The molecule has 0 spiro atoms. The normalized spacial score (nSPS) is 3.60. The molecule has 66 valence electrons. The zero-order chi connectivity index (χ0) is 8.71. The van der Waals surface area contributed by atoms with Crippen LogP contribution in [0, 0.1) is 0 Å². The van der Waals surface area contributed by atoms with Crippen molar-refractivity contribution < 1.29 is 42.2 Å². The van der Waals surface area contributed by atoms with E-state index in [0.29, 0.717) is 0 Å². The molecule has 0 aromatic rings. The molecule has 0 aliphatic carbocycles. The summed E-state index contributed by atoms with van der Waals surface area (Å²) in [7, 11) is 2.00. The Balaban J connectivity index is -0.0000000110. The fourth-order valence-electron chi connectivity index (χ4n) is 0. The maximum atomic E-state index is 7.57. The zero-order valence-electron chi connectivity index (χ0n) is 6.57. The first-order chi connectivity index (χ1) is 4.41. The Labute approximate surface area is 76.3 Å². The molecule has 0 atom stereocenters. The number of aliphatic hydroxyl groups is 3. The molecule has 0 aromatic carbocycles. The van der Waals surface area contributed by atoms with Crippen molar-refractivity contribution in [2.75, 3.05) is 20.8 Å². The van der Waals surface area contributed by atoms with Crippen LogP contribution in [0.4, 0.5) is 0 Å². The van der Waals surface area contributed by atoms with Gasteiger partial charge in [0.25, 0.3) is 0 Å². The quantitative estimate of drug-likeness (QED) is 0.238. The van der Waals surface area contributed by atoms with Crippen LogP contribution in [0.1, 0.15) is 6.92 Å². The van der Waals surface area contributed by atoms with Crippen LogP contribution < -0.4 is 5.90 Å². The van der Waals surface area contributed by atoms with Gasteiger partial charge in [0.1, 0.15) is 0 Å². The fraction of sp³-hybridized carbons (Fsp3) is 1.00. The van der Waals surface area contributed by atoms with Crippen LogP contribution in [-0.4, -0.2) is 41.4 Å². The van der Waals surface area contributed by atoms with Crippen LogP contribution >= 0.6 is 0 Å². The molecule has 0 radical (unpaired) electrons. The van der Waals surface area contributed by atoms with E-state index in [9.17, 15) is 0 Å². The summed E-state index contributed by atoms with van der Waals surface area (Å²) in [5.74, 6) is 3.50. The van der Waals surface area contributed by atoms with E-state index < -0.39 is 0 Å². The van der Waals surface area contributed by atoms with Crippen molar-refractivity contribution >= 4 is 0 Å². The van der Waals surface area contributed by atoms with Gasteiger partial charge in [-0.3, -0.25) is 0 Å². The Morgan fingerprint density at radius 3 is 1.00 bits per heavy atom. The molecule has 0 aromatic heterocycles. The number of hydrogen-bond acceptors (Lipinski definition) is 5. The molecular formula is C4H17NO4Ti. The maximum Gasteiger partial charge on any atom is 0.0402 e. The van der Waals surface area contributed by atoms with Crippen molar-refractivity contribution in [1.29, 1.82) is 0 Å². The predicted octanol–water partition coefficient (Wildman–Crippen LogP) is -1.45. The minimum absolute atomic E-state index is 0. The van der Waals surface area contributed by atoms with E-state index in [0.717, 1.165) is 14.2 Å². The van der Waals surface area contributed by atoms with Gasteiger partial charge in [0.2, 0.25) is 0 Å². The van der Waals surface area contributed by atoms with Crippen molar-refractivity contribution in [3.05, 3.63) is 0 Å². The van der Waals surface area contributed by atoms with Gasteiger partial charge in [-0.15, -0.1) is 0 Å². The summed E-state index contributed by atoms with van der Waals surface area (Å²) < 4.78 is 0. The Kier molecular flexibility index (Phi) is 941. The van der Waals surface area contributed by atoms with Crippen LogP contribution in [0.2, 0.25) is 0 Å². The third-order valence-electron chi connectivity index (χ3n) is 0. The summed E-state index contributed by atoms with van der Waals surface area (Å²) >= 11 is 0. The van der Waals surface area contributed by atoms with Gasteiger partial charge in [0.05, 0.1) is 0 Å². The van der Waals surface area contributed by atoms with Gasteiger partial charge >= 0.3 is 0 Å². The third kappa shape index (κ3) is 1820. The molecular weight excluding hydrogens is 174 g/mol. The van der Waals surface area contributed by atoms with Crippen molar-refractivity contribution in [3.8, 4) is 0 Å². The van der Waals surface area contributed by atoms with E-state index in [1.54, 1.807) is 6.92 Å². The summed E-state index contributed by atoms with van der Waals surface area (Å²) in [5.41, 5.74) is 0. The number of rotatable bonds is 0. The summed E-state index contributed by atoms with van der Waals surface area (Å²) in [6.07, 6.45) is 0. The largest absolute Gasteiger partial charge is 0.400 e. The van der Waals surface area contributed by atoms with Gasteiger partial charge in [-0.05, 0) is 6.92 Å².